The van der Waals surface area contributed by atoms with Crippen LogP contribution in [0.4, 0.5) is 0 Å². The molecule has 0 saturated carbocycles. The summed E-state index contributed by atoms with van der Waals surface area (Å²) >= 11 is 0. The first-order valence-electron chi connectivity index (χ1n) is 10.3. The number of ether oxygens (including phenoxy) is 2. The predicted molar refractivity (Wildman–Crippen MR) is 110 cm³/mol. The number of morpholine rings is 1. The van der Waals surface area contributed by atoms with Gasteiger partial charge in [0.1, 0.15) is 18.0 Å². The molecule has 2 aliphatic rings. The largest absolute Gasteiger partial charge is 0.497 e. The van der Waals surface area contributed by atoms with Crippen molar-refractivity contribution in [3.8, 4) is 5.75 Å². The van der Waals surface area contributed by atoms with E-state index >= 15 is 0 Å². The monoisotopic (exact) mass is 379 g/mol. The molecule has 4 unspecified atom stereocenters. The highest BCUT2D eigenvalue weighted by molar-refractivity contribution is 5.83. The van der Waals surface area contributed by atoms with Gasteiger partial charge in [0, 0.05) is 12.5 Å². The molecule has 1 heterocycles. The topological polar surface area (TPSA) is 38.8 Å². The van der Waals surface area contributed by atoms with Crippen molar-refractivity contribution in [3.63, 3.8) is 0 Å². The van der Waals surface area contributed by atoms with Gasteiger partial charge >= 0.3 is 0 Å². The number of carbonyl (C=O) groups excluding carboxylic acids is 1. The van der Waals surface area contributed by atoms with Crippen LogP contribution in [0.1, 0.15) is 55.4 Å². The predicted octanol–water partition coefficient (Wildman–Crippen LogP) is 4.49. The molecule has 4 heteroatoms. The quantitative estimate of drug-likeness (QED) is 0.768. The fraction of sp³-hybridized carbons (Fsp3) is 0.458. The van der Waals surface area contributed by atoms with Gasteiger partial charge in [0.25, 0.3) is 5.91 Å². The minimum absolute atomic E-state index is 0.00462. The van der Waals surface area contributed by atoms with Gasteiger partial charge in [-0.25, -0.2) is 0 Å². The Morgan fingerprint density at radius 3 is 2.71 bits per heavy atom. The van der Waals surface area contributed by atoms with Gasteiger partial charge in [-0.3, -0.25) is 4.79 Å². The smallest absolute Gasteiger partial charge is 0.252 e. The molecule has 4 atom stereocenters. The van der Waals surface area contributed by atoms with E-state index < -0.39 is 6.10 Å². The van der Waals surface area contributed by atoms with E-state index in [1.807, 2.05) is 24.3 Å². The van der Waals surface area contributed by atoms with E-state index in [-0.39, 0.29) is 24.0 Å². The van der Waals surface area contributed by atoms with Gasteiger partial charge in [-0.15, -0.1) is 0 Å². The van der Waals surface area contributed by atoms with E-state index in [1.54, 1.807) is 7.11 Å². The zero-order valence-corrected chi connectivity index (χ0v) is 16.9. The molecule has 0 spiro atoms. The number of hydrogen-bond acceptors (Lipinski definition) is 3. The second-order valence-corrected chi connectivity index (χ2v) is 7.88. The number of methoxy groups -OCH3 is 1. The number of benzene rings is 2. The zero-order valence-electron chi connectivity index (χ0n) is 16.9. The summed E-state index contributed by atoms with van der Waals surface area (Å²) in [7, 11) is 1.69. The summed E-state index contributed by atoms with van der Waals surface area (Å²) in [4.78, 5) is 15.5. The van der Waals surface area contributed by atoms with Crippen LogP contribution >= 0.6 is 0 Å². The molecular weight excluding hydrogens is 350 g/mol. The SMILES string of the molecule is CCCN1C(=O)C(C(C)c2ccccc2)OC2c3cc(OC)ccc3CCC21. The van der Waals surface area contributed by atoms with E-state index in [4.69, 9.17) is 9.47 Å². The highest BCUT2D eigenvalue weighted by Crippen LogP contribution is 2.43. The van der Waals surface area contributed by atoms with Crippen LogP contribution < -0.4 is 4.74 Å². The van der Waals surface area contributed by atoms with Crippen molar-refractivity contribution in [2.45, 2.75) is 57.3 Å². The number of hydrogen-bond donors (Lipinski definition) is 0. The Hall–Kier alpha value is -2.33. The molecule has 1 fully saturated rings. The van der Waals surface area contributed by atoms with Gasteiger partial charge in [-0.05, 0) is 48.1 Å². The van der Waals surface area contributed by atoms with Crippen LogP contribution in [0.25, 0.3) is 0 Å². The Morgan fingerprint density at radius 2 is 2.00 bits per heavy atom. The average molecular weight is 380 g/mol. The van der Waals surface area contributed by atoms with E-state index in [0.717, 1.165) is 37.1 Å². The summed E-state index contributed by atoms with van der Waals surface area (Å²) in [6, 6.07) is 16.6. The van der Waals surface area contributed by atoms with E-state index in [0.29, 0.717) is 0 Å². The van der Waals surface area contributed by atoms with Gasteiger partial charge in [0.15, 0.2) is 0 Å². The van der Waals surface area contributed by atoms with Crippen LogP contribution in [0.15, 0.2) is 48.5 Å². The Balaban J connectivity index is 1.72. The second kappa shape index (κ2) is 7.96. The molecule has 0 aromatic heterocycles. The summed E-state index contributed by atoms with van der Waals surface area (Å²) in [6.07, 6.45) is 2.30. The number of carbonyl (C=O) groups is 1. The third-order valence-corrected chi connectivity index (χ3v) is 6.18. The van der Waals surface area contributed by atoms with E-state index in [1.165, 1.54) is 11.1 Å². The number of rotatable bonds is 5. The van der Waals surface area contributed by atoms with Crippen molar-refractivity contribution < 1.29 is 14.3 Å². The molecule has 28 heavy (non-hydrogen) atoms. The first-order valence-corrected chi connectivity index (χ1v) is 10.3. The summed E-state index contributed by atoms with van der Waals surface area (Å²) < 4.78 is 12.0. The molecule has 1 saturated heterocycles. The van der Waals surface area contributed by atoms with Crippen LogP contribution in [-0.4, -0.2) is 36.6 Å². The highest BCUT2D eigenvalue weighted by Gasteiger charge is 2.46. The fourth-order valence-corrected chi connectivity index (χ4v) is 4.66. The van der Waals surface area contributed by atoms with Crippen molar-refractivity contribution in [1.82, 2.24) is 4.90 Å². The Morgan fingerprint density at radius 1 is 1.21 bits per heavy atom. The maximum Gasteiger partial charge on any atom is 0.252 e. The lowest BCUT2D eigenvalue weighted by molar-refractivity contribution is -0.177. The van der Waals surface area contributed by atoms with Crippen LogP contribution in [0.3, 0.4) is 0 Å². The number of amides is 1. The average Bonchev–Trinajstić information content (AvgIpc) is 2.75. The Labute approximate surface area is 167 Å². The number of fused-ring (bicyclic) bond motifs is 3. The molecule has 0 N–H and O–H groups in total. The van der Waals surface area contributed by atoms with Gasteiger partial charge in [0.2, 0.25) is 0 Å². The minimum Gasteiger partial charge on any atom is -0.497 e. The van der Waals surface area contributed by atoms with Gasteiger partial charge in [-0.1, -0.05) is 50.2 Å². The highest BCUT2D eigenvalue weighted by atomic mass is 16.5. The summed E-state index contributed by atoms with van der Waals surface area (Å²) in [5.74, 6) is 0.977. The van der Waals surface area contributed by atoms with Gasteiger partial charge < -0.3 is 14.4 Å². The van der Waals surface area contributed by atoms with Crippen LogP contribution in [-0.2, 0) is 16.0 Å². The van der Waals surface area contributed by atoms with E-state index in [2.05, 4.69) is 43.0 Å². The molecule has 1 aliphatic carbocycles. The van der Waals surface area contributed by atoms with Crippen molar-refractivity contribution >= 4 is 5.91 Å². The lowest BCUT2D eigenvalue weighted by Crippen LogP contribution is -2.57. The van der Waals surface area contributed by atoms with Gasteiger partial charge in [-0.2, -0.15) is 0 Å². The lowest BCUT2D eigenvalue weighted by Gasteiger charge is -2.48. The van der Waals surface area contributed by atoms with Crippen LogP contribution in [0.5, 0.6) is 5.75 Å². The molecule has 2 aromatic rings. The molecule has 0 radical (unpaired) electrons. The molecule has 2 aromatic carbocycles. The first-order chi connectivity index (χ1) is 13.6. The van der Waals surface area contributed by atoms with Crippen molar-refractivity contribution in [1.29, 1.82) is 0 Å². The Kier molecular flexibility index (Phi) is 5.40. The summed E-state index contributed by atoms with van der Waals surface area (Å²) in [5.41, 5.74) is 3.62. The Bertz CT molecular complexity index is 835. The zero-order chi connectivity index (χ0) is 19.7. The lowest BCUT2D eigenvalue weighted by atomic mass is 9.82. The summed E-state index contributed by atoms with van der Waals surface area (Å²) in [5, 5.41) is 0. The molecule has 0 bridgehead atoms. The van der Waals surface area contributed by atoms with Crippen molar-refractivity contribution in [2.75, 3.05) is 13.7 Å². The molecule has 1 aliphatic heterocycles. The van der Waals surface area contributed by atoms with Crippen molar-refractivity contribution in [3.05, 3.63) is 65.2 Å². The fourth-order valence-electron chi connectivity index (χ4n) is 4.66. The normalized spacial score (nSPS) is 25.0. The second-order valence-electron chi connectivity index (χ2n) is 7.88. The van der Waals surface area contributed by atoms with Crippen LogP contribution in [0.2, 0.25) is 0 Å². The third kappa shape index (κ3) is 3.30. The number of nitrogens with zero attached hydrogens (tertiary/aromatic N) is 1. The van der Waals surface area contributed by atoms with Crippen LogP contribution in [0, 0.1) is 0 Å². The minimum atomic E-state index is -0.465. The third-order valence-electron chi connectivity index (χ3n) is 6.18. The first kappa shape index (κ1) is 19.0. The maximum atomic E-state index is 13.4. The number of aryl methyl sites for hydroxylation is 1. The molecule has 4 nitrogen and oxygen atoms in total. The molecule has 4 rings (SSSR count). The van der Waals surface area contributed by atoms with Crippen molar-refractivity contribution in [2.24, 2.45) is 0 Å². The van der Waals surface area contributed by atoms with E-state index in [9.17, 15) is 4.79 Å². The molecular formula is C24H29NO3. The molecule has 148 valence electrons. The standard InChI is InChI=1S/C24H29NO3/c1-4-14-25-21-13-11-18-10-12-19(27-3)15-20(18)23(21)28-22(24(25)26)16(2)17-8-6-5-7-9-17/h5-10,12,15-16,21-23H,4,11,13-14H2,1-3H3. The summed E-state index contributed by atoms with van der Waals surface area (Å²) in [6.45, 7) is 5.01. The van der Waals surface area contributed by atoms with Gasteiger partial charge in [0.05, 0.1) is 13.2 Å². The molecule has 1 amide bonds. The maximum absolute atomic E-state index is 13.4.